The summed E-state index contributed by atoms with van der Waals surface area (Å²) < 4.78 is 2.60. The third kappa shape index (κ3) is 5.07. The van der Waals surface area contributed by atoms with Crippen molar-refractivity contribution in [3.63, 3.8) is 0 Å². The lowest BCUT2D eigenvalue weighted by Crippen LogP contribution is -2.10. The summed E-state index contributed by atoms with van der Waals surface area (Å²) in [5.74, 6) is 0. The Kier molecular flexibility index (Phi) is 7.11. The molecule has 1 heterocycles. The predicted octanol–water partition coefficient (Wildman–Crippen LogP) is 15.5. The smallest absolute Gasteiger partial charge is 0.0476 e. The van der Waals surface area contributed by atoms with Gasteiger partial charge in [0.05, 0.1) is 0 Å². The van der Waals surface area contributed by atoms with Crippen LogP contribution >= 0.6 is 11.3 Å². The molecule has 2 heteroatoms. The summed E-state index contributed by atoms with van der Waals surface area (Å²) in [5.41, 5.74) is 8.26. The summed E-state index contributed by atoms with van der Waals surface area (Å²) in [5, 5.41) is 12.7. The second kappa shape index (κ2) is 12.4. The van der Waals surface area contributed by atoms with E-state index in [1.165, 1.54) is 85.5 Å². The molecule has 11 aromatic rings. The number of hydrogen-bond donors (Lipinski definition) is 0. The van der Waals surface area contributed by atoms with Gasteiger partial charge in [0.15, 0.2) is 0 Å². The van der Waals surface area contributed by atoms with Crippen molar-refractivity contribution >= 4 is 91.7 Å². The summed E-state index contributed by atoms with van der Waals surface area (Å²) in [6.07, 6.45) is 0. The van der Waals surface area contributed by atoms with Gasteiger partial charge in [-0.15, -0.1) is 11.3 Å². The van der Waals surface area contributed by atoms with Crippen LogP contribution in [0.15, 0.2) is 200 Å². The van der Waals surface area contributed by atoms with Gasteiger partial charge in [0.1, 0.15) is 0 Å². The molecule has 0 amide bonds. The molecular weight excluding hydrogens is 671 g/mol. The third-order valence-electron chi connectivity index (χ3n) is 11.0. The van der Waals surface area contributed by atoms with Gasteiger partial charge in [-0.05, 0) is 120 Å². The molecule has 0 aliphatic heterocycles. The Hall–Kier alpha value is -6.74. The SMILES string of the molecule is c1ccc(-c2ccc(N(c3cc(-c4cc5ccccc5c5ccccc45)c4ccccc4c3)c3ccc4c(c3)sc3cc5ccccc5cc34)cc2)cc1. The van der Waals surface area contributed by atoms with Crippen molar-refractivity contribution in [1.82, 2.24) is 0 Å². The van der Waals surface area contributed by atoms with E-state index in [4.69, 9.17) is 0 Å². The monoisotopic (exact) mass is 703 g/mol. The molecule has 0 unspecified atom stereocenters. The van der Waals surface area contributed by atoms with Gasteiger partial charge >= 0.3 is 0 Å². The van der Waals surface area contributed by atoms with Crippen LogP contribution in [-0.2, 0) is 0 Å². The number of hydrogen-bond acceptors (Lipinski definition) is 2. The van der Waals surface area contributed by atoms with E-state index in [1.54, 1.807) is 0 Å². The zero-order chi connectivity index (χ0) is 35.6. The van der Waals surface area contributed by atoms with Gasteiger partial charge < -0.3 is 4.90 Å². The Labute approximate surface area is 317 Å². The van der Waals surface area contributed by atoms with Crippen LogP contribution in [0, 0.1) is 0 Å². The van der Waals surface area contributed by atoms with Crippen LogP contribution in [0.3, 0.4) is 0 Å². The van der Waals surface area contributed by atoms with Crippen LogP contribution in [-0.4, -0.2) is 0 Å². The van der Waals surface area contributed by atoms with E-state index in [2.05, 4.69) is 205 Å². The molecule has 0 saturated carbocycles. The minimum absolute atomic E-state index is 1.12. The Morgan fingerprint density at radius 3 is 1.61 bits per heavy atom. The normalized spacial score (nSPS) is 11.7. The first-order valence-electron chi connectivity index (χ1n) is 18.5. The molecule has 0 radical (unpaired) electrons. The average molecular weight is 704 g/mol. The number of benzene rings is 10. The average Bonchev–Trinajstić information content (AvgIpc) is 3.59. The number of fused-ring (bicyclic) bond motifs is 8. The van der Waals surface area contributed by atoms with Crippen molar-refractivity contribution in [3.05, 3.63) is 200 Å². The third-order valence-corrected chi connectivity index (χ3v) is 12.1. The largest absolute Gasteiger partial charge is 0.310 e. The van der Waals surface area contributed by atoms with Gasteiger partial charge in [-0.1, -0.05) is 146 Å². The molecule has 1 nitrogen and oxygen atoms in total. The molecule has 11 rings (SSSR count). The van der Waals surface area contributed by atoms with E-state index in [0.717, 1.165) is 17.1 Å². The highest BCUT2D eigenvalue weighted by Gasteiger charge is 2.19. The maximum atomic E-state index is 2.44. The topological polar surface area (TPSA) is 3.24 Å². The molecule has 0 atom stereocenters. The number of rotatable bonds is 5. The molecule has 54 heavy (non-hydrogen) atoms. The molecule has 0 saturated heterocycles. The van der Waals surface area contributed by atoms with E-state index >= 15 is 0 Å². The van der Waals surface area contributed by atoms with Gasteiger partial charge in [0.25, 0.3) is 0 Å². The van der Waals surface area contributed by atoms with Crippen LogP contribution in [0.1, 0.15) is 0 Å². The second-order valence-corrected chi connectivity index (χ2v) is 15.2. The summed E-state index contributed by atoms with van der Waals surface area (Å²) in [6, 6.07) is 73.6. The standard InChI is InChI=1S/C52H33NS/c1-2-12-34(13-3-1)35-22-24-40(25-23-35)53(41-26-27-47-50-29-36-14-4-5-15-37(36)31-51(50)54-52(47)33-41)42-28-38-16-6-9-19-44(38)49(32-42)48-30-39-17-7-8-18-43(39)45-20-10-11-21-46(45)48/h1-33H. The Morgan fingerprint density at radius 1 is 0.278 bits per heavy atom. The van der Waals surface area contributed by atoms with Crippen LogP contribution in [0.4, 0.5) is 17.1 Å². The van der Waals surface area contributed by atoms with Gasteiger partial charge in [-0.3, -0.25) is 0 Å². The molecule has 0 aliphatic carbocycles. The lowest BCUT2D eigenvalue weighted by atomic mass is 9.90. The van der Waals surface area contributed by atoms with Crippen LogP contribution in [0.5, 0.6) is 0 Å². The zero-order valence-corrected chi connectivity index (χ0v) is 30.2. The highest BCUT2D eigenvalue weighted by atomic mass is 32.1. The molecule has 1 aromatic heterocycles. The molecular formula is C52H33NS. The van der Waals surface area contributed by atoms with E-state index in [1.807, 2.05) is 11.3 Å². The van der Waals surface area contributed by atoms with E-state index < -0.39 is 0 Å². The highest BCUT2D eigenvalue weighted by molar-refractivity contribution is 7.25. The second-order valence-electron chi connectivity index (χ2n) is 14.1. The van der Waals surface area contributed by atoms with E-state index in [0.29, 0.717) is 0 Å². The van der Waals surface area contributed by atoms with Crippen molar-refractivity contribution in [2.45, 2.75) is 0 Å². The van der Waals surface area contributed by atoms with Crippen molar-refractivity contribution < 1.29 is 0 Å². The summed E-state index contributed by atoms with van der Waals surface area (Å²) in [6.45, 7) is 0. The maximum absolute atomic E-state index is 2.44. The fraction of sp³-hybridized carbons (Fsp3) is 0. The predicted molar refractivity (Wildman–Crippen MR) is 235 cm³/mol. The summed E-state index contributed by atoms with van der Waals surface area (Å²) in [4.78, 5) is 2.44. The first-order valence-corrected chi connectivity index (χ1v) is 19.3. The van der Waals surface area contributed by atoms with Crippen LogP contribution in [0.2, 0.25) is 0 Å². The van der Waals surface area contributed by atoms with Gasteiger partial charge in [0.2, 0.25) is 0 Å². The van der Waals surface area contributed by atoms with Gasteiger partial charge in [-0.25, -0.2) is 0 Å². The quantitative estimate of drug-likeness (QED) is 0.161. The first kappa shape index (κ1) is 30.8. The van der Waals surface area contributed by atoms with Crippen LogP contribution in [0.25, 0.3) is 85.5 Å². The Balaban J connectivity index is 1.16. The fourth-order valence-electron chi connectivity index (χ4n) is 8.39. The number of anilines is 3. The van der Waals surface area contributed by atoms with Crippen LogP contribution < -0.4 is 4.90 Å². The van der Waals surface area contributed by atoms with Crippen molar-refractivity contribution in [2.24, 2.45) is 0 Å². The molecule has 0 bridgehead atoms. The van der Waals surface area contributed by atoms with Crippen molar-refractivity contribution in [1.29, 1.82) is 0 Å². The minimum Gasteiger partial charge on any atom is -0.310 e. The lowest BCUT2D eigenvalue weighted by Gasteiger charge is -2.27. The molecule has 252 valence electrons. The molecule has 0 fully saturated rings. The van der Waals surface area contributed by atoms with Gasteiger partial charge in [0, 0.05) is 37.2 Å². The van der Waals surface area contributed by atoms with Crippen molar-refractivity contribution in [2.75, 3.05) is 4.90 Å². The molecule has 0 N–H and O–H groups in total. The molecule has 0 spiro atoms. The number of nitrogens with zero attached hydrogens (tertiary/aromatic N) is 1. The lowest BCUT2D eigenvalue weighted by molar-refractivity contribution is 1.30. The summed E-state index contributed by atoms with van der Waals surface area (Å²) in [7, 11) is 0. The maximum Gasteiger partial charge on any atom is 0.0476 e. The minimum atomic E-state index is 1.12. The Morgan fingerprint density at radius 2 is 0.833 bits per heavy atom. The molecule has 0 aliphatic rings. The highest BCUT2D eigenvalue weighted by Crippen LogP contribution is 2.45. The molecule has 10 aromatic carbocycles. The first-order chi connectivity index (χ1) is 26.7. The number of thiophene rings is 1. The summed E-state index contributed by atoms with van der Waals surface area (Å²) >= 11 is 1.88. The fourth-order valence-corrected chi connectivity index (χ4v) is 9.56. The zero-order valence-electron chi connectivity index (χ0n) is 29.4. The Bertz CT molecular complexity index is 3210. The van der Waals surface area contributed by atoms with Crippen molar-refractivity contribution in [3.8, 4) is 22.3 Å². The van der Waals surface area contributed by atoms with E-state index in [9.17, 15) is 0 Å². The van der Waals surface area contributed by atoms with E-state index in [-0.39, 0.29) is 0 Å². The van der Waals surface area contributed by atoms with Gasteiger partial charge in [-0.2, -0.15) is 0 Å².